The average Bonchev–Trinajstić information content (AvgIpc) is 2.59. The topological polar surface area (TPSA) is 90.9 Å². The molecule has 0 aromatic heterocycles. The van der Waals surface area contributed by atoms with Crippen molar-refractivity contribution in [2.45, 2.75) is 33.7 Å². The molecule has 1 rings (SSSR count). The first-order valence-corrected chi connectivity index (χ1v) is 8.06. The predicted molar refractivity (Wildman–Crippen MR) is 92.5 cm³/mol. The number of Topliss-reactive ketones (excluding diaryl/α,β-unsaturated/α-hetero) is 1. The molecule has 7 nitrogen and oxygen atoms in total. The van der Waals surface area contributed by atoms with Crippen LogP contribution in [0.4, 0.5) is 5.69 Å². The molecule has 0 aliphatic rings. The van der Waals surface area contributed by atoms with E-state index in [2.05, 4.69) is 5.32 Å². The van der Waals surface area contributed by atoms with E-state index in [0.717, 1.165) is 0 Å². The number of ketones is 1. The second kappa shape index (κ2) is 9.05. The minimum absolute atomic E-state index is 0.0970. The van der Waals surface area contributed by atoms with Crippen LogP contribution < -0.4 is 10.1 Å². The molecule has 2 unspecified atom stereocenters. The summed E-state index contributed by atoms with van der Waals surface area (Å²) < 4.78 is 15.2. The molecule has 1 aromatic rings. The van der Waals surface area contributed by atoms with Gasteiger partial charge >= 0.3 is 11.9 Å². The van der Waals surface area contributed by atoms with Gasteiger partial charge in [-0.05, 0) is 52.0 Å². The van der Waals surface area contributed by atoms with Crippen LogP contribution in [-0.4, -0.2) is 44.1 Å². The van der Waals surface area contributed by atoms with E-state index < -0.39 is 29.2 Å². The van der Waals surface area contributed by atoms with Gasteiger partial charge in [0.1, 0.15) is 17.6 Å². The van der Waals surface area contributed by atoms with Crippen LogP contribution in [0, 0.1) is 5.41 Å². The first-order valence-electron chi connectivity index (χ1n) is 8.06. The summed E-state index contributed by atoms with van der Waals surface area (Å²) >= 11 is 0. The van der Waals surface area contributed by atoms with Gasteiger partial charge in [0.25, 0.3) is 0 Å². The molecule has 0 bridgehead atoms. The van der Waals surface area contributed by atoms with Crippen molar-refractivity contribution in [1.82, 2.24) is 0 Å². The van der Waals surface area contributed by atoms with Crippen molar-refractivity contribution in [2.75, 3.05) is 25.6 Å². The highest BCUT2D eigenvalue weighted by Crippen LogP contribution is 2.29. The van der Waals surface area contributed by atoms with Crippen LogP contribution in [-0.2, 0) is 23.9 Å². The van der Waals surface area contributed by atoms with Crippen molar-refractivity contribution in [3.05, 3.63) is 24.3 Å². The van der Waals surface area contributed by atoms with Gasteiger partial charge in [0.2, 0.25) is 0 Å². The lowest BCUT2D eigenvalue weighted by Crippen LogP contribution is -2.54. The standard InChI is InChI=1S/C18H25NO6/c1-6-24-16(21)15(18(4,12(3)20)17(22)25-7-2)19-13-8-10-14(23-5)11-9-13/h8-11,15,19H,6-7H2,1-5H3. The van der Waals surface area contributed by atoms with Gasteiger partial charge in [-0.15, -0.1) is 0 Å². The highest BCUT2D eigenvalue weighted by molar-refractivity contribution is 6.08. The molecule has 0 saturated heterocycles. The Kier molecular flexibility index (Phi) is 7.42. The van der Waals surface area contributed by atoms with E-state index in [-0.39, 0.29) is 13.2 Å². The Balaban J connectivity index is 3.26. The van der Waals surface area contributed by atoms with Crippen LogP contribution in [0.2, 0.25) is 0 Å². The predicted octanol–water partition coefficient (Wildman–Crippen LogP) is 2.20. The molecule has 25 heavy (non-hydrogen) atoms. The molecule has 0 fully saturated rings. The van der Waals surface area contributed by atoms with Crippen LogP contribution >= 0.6 is 0 Å². The van der Waals surface area contributed by atoms with Gasteiger partial charge in [0.15, 0.2) is 5.41 Å². The molecule has 0 aliphatic carbocycles. The molecular formula is C18H25NO6. The second-order valence-electron chi connectivity index (χ2n) is 5.54. The second-order valence-corrected chi connectivity index (χ2v) is 5.54. The first-order chi connectivity index (χ1) is 11.8. The molecule has 0 heterocycles. The number of hydrogen-bond acceptors (Lipinski definition) is 7. The van der Waals surface area contributed by atoms with Crippen LogP contribution in [0.1, 0.15) is 27.7 Å². The SMILES string of the molecule is CCOC(=O)C(Nc1ccc(OC)cc1)C(C)(C(C)=O)C(=O)OCC. The highest BCUT2D eigenvalue weighted by Gasteiger charge is 2.51. The van der Waals surface area contributed by atoms with Crippen molar-refractivity contribution in [2.24, 2.45) is 5.41 Å². The molecule has 138 valence electrons. The number of carbonyl (C=O) groups excluding carboxylic acids is 3. The monoisotopic (exact) mass is 351 g/mol. The maximum atomic E-state index is 12.5. The van der Waals surface area contributed by atoms with Crippen LogP contribution in [0.15, 0.2) is 24.3 Å². The van der Waals surface area contributed by atoms with Crippen molar-refractivity contribution in [1.29, 1.82) is 0 Å². The van der Waals surface area contributed by atoms with E-state index >= 15 is 0 Å². The summed E-state index contributed by atoms with van der Waals surface area (Å²) in [6.45, 7) is 6.13. The summed E-state index contributed by atoms with van der Waals surface area (Å²) in [7, 11) is 1.54. The molecule has 1 N–H and O–H groups in total. The van der Waals surface area contributed by atoms with E-state index in [1.807, 2.05) is 0 Å². The third-order valence-corrected chi connectivity index (χ3v) is 3.93. The molecular weight excluding hydrogens is 326 g/mol. The molecule has 7 heteroatoms. The lowest BCUT2D eigenvalue weighted by atomic mass is 9.78. The van der Waals surface area contributed by atoms with Crippen molar-refractivity contribution >= 4 is 23.4 Å². The molecule has 0 amide bonds. The Morgan fingerprint density at radius 1 is 1.08 bits per heavy atom. The van der Waals surface area contributed by atoms with Crippen molar-refractivity contribution in [3.63, 3.8) is 0 Å². The van der Waals surface area contributed by atoms with E-state index in [1.165, 1.54) is 21.0 Å². The lowest BCUT2D eigenvalue weighted by Gasteiger charge is -2.32. The lowest BCUT2D eigenvalue weighted by molar-refractivity contribution is -0.166. The number of ether oxygens (including phenoxy) is 3. The Morgan fingerprint density at radius 2 is 1.64 bits per heavy atom. The fourth-order valence-corrected chi connectivity index (χ4v) is 2.26. The number of benzene rings is 1. The molecule has 0 saturated carbocycles. The normalized spacial score (nSPS) is 14.0. The van der Waals surface area contributed by atoms with E-state index in [1.54, 1.807) is 38.1 Å². The van der Waals surface area contributed by atoms with Gasteiger partial charge in [0.05, 0.1) is 20.3 Å². The van der Waals surface area contributed by atoms with E-state index in [0.29, 0.717) is 11.4 Å². The summed E-state index contributed by atoms with van der Waals surface area (Å²) in [5.74, 6) is -1.34. The minimum Gasteiger partial charge on any atom is -0.497 e. The van der Waals surface area contributed by atoms with Gasteiger partial charge in [-0.1, -0.05) is 0 Å². The average molecular weight is 351 g/mol. The molecule has 0 aliphatic heterocycles. The molecule has 2 atom stereocenters. The van der Waals surface area contributed by atoms with Gasteiger partial charge in [-0.3, -0.25) is 9.59 Å². The number of carbonyl (C=O) groups is 3. The Morgan fingerprint density at radius 3 is 2.08 bits per heavy atom. The molecule has 0 radical (unpaired) electrons. The summed E-state index contributed by atoms with van der Waals surface area (Å²) in [6.07, 6.45) is 0. The number of esters is 2. The summed E-state index contributed by atoms with van der Waals surface area (Å²) in [6, 6.07) is 5.52. The van der Waals surface area contributed by atoms with Crippen molar-refractivity contribution < 1.29 is 28.6 Å². The zero-order valence-corrected chi connectivity index (χ0v) is 15.3. The third kappa shape index (κ3) is 4.71. The number of hydrogen-bond donors (Lipinski definition) is 1. The zero-order valence-electron chi connectivity index (χ0n) is 15.3. The zero-order chi connectivity index (χ0) is 19.0. The molecule has 0 spiro atoms. The van der Waals surface area contributed by atoms with E-state index in [9.17, 15) is 14.4 Å². The van der Waals surface area contributed by atoms with Gasteiger partial charge in [0, 0.05) is 5.69 Å². The number of rotatable bonds is 9. The number of methoxy groups -OCH3 is 1. The first kappa shape index (κ1) is 20.5. The molecule has 1 aromatic carbocycles. The maximum absolute atomic E-state index is 12.5. The fraction of sp³-hybridized carbons (Fsp3) is 0.500. The van der Waals surface area contributed by atoms with Crippen LogP contribution in [0.5, 0.6) is 5.75 Å². The largest absolute Gasteiger partial charge is 0.497 e. The van der Waals surface area contributed by atoms with Gasteiger partial charge in [-0.2, -0.15) is 0 Å². The number of anilines is 1. The summed E-state index contributed by atoms with van der Waals surface area (Å²) in [5.41, 5.74) is -1.18. The third-order valence-electron chi connectivity index (χ3n) is 3.93. The Hall–Kier alpha value is -2.57. The van der Waals surface area contributed by atoms with Gasteiger partial charge < -0.3 is 19.5 Å². The summed E-state index contributed by atoms with van der Waals surface area (Å²) in [5, 5.41) is 2.92. The van der Waals surface area contributed by atoms with Crippen molar-refractivity contribution in [3.8, 4) is 5.75 Å². The number of nitrogens with one attached hydrogen (secondary N) is 1. The summed E-state index contributed by atoms with van der Waals surface area (Å²) in [4.78, 5) is 37.2. The minimum atomic E-state index is -1.72. The Labute approximate surface area is 147 Å². The maximum Gasteiger partial charge on any atom is 0.330 e. The highest BCUT2D eigenvalue weighted by atomic mass is 16.5. The quantitative estimate of drug-likeness (QED) is 0.539. The van der Waals surface area contributed by atoms with Gasteiger partial charge in [-0.25, -0.2) is 4.79 Å². The van der Waals surface area contributed by atoms with Crippen LogP contribution in [0.3, 0.4) is 0 Å². The smallest absolute Gasteiger partial charge is 0.330 e. The van der Waals surface area contributed by atoms with E-state index in [4.69, 9.17) is 14.2 Å². The van der Waals surface area contributed by atoms with Crippen LogP contribution in [0.25, 0.3) is 0 Å². The Bertz CT molecular complexity index is 612. The fourth-order valence-electron chi connectivity index (χ4n) is 2.26.